The fraction of sp³-hybridized carbons (Fsp3) is 0.217. The molecule has 0 bridgehead atoms. The molecular formula is C23H22ClFN6O2. The third kappa shape index (κ3) is 4.64. The number of halogens is 2. The van der Waals surface area contributed by atoms with E-state index in [0.717, 1.165) is 17.8 Å². The van der Waals surface area contributed by atoms with Crippen LogP contribution in [0, 0.1) is 5.82 Å². The van der Waals surface area contributed by atoms with Gasteiger partial charge in [0.15, 0.2) is 0 Å². The van der Waals surface area contributed by atoms with E-state index in [9.17, 15) is 14.3 Å². The van der Waals surface area contributed by atoms with Gasteiger partial charge in [-0.25, -0.2) is 14.4 Å². The summed E-state index contributed by atoms with van der Waals surface area (Å²) >= 11 is 5.75. The minimum Gasteiger partial charge on any atom is -0.394 e. The number of hydrogen-bond acceptors (Lipinski definition) is 6. The van der Waals surface area contributed by atoms with Gasteiger partial charge in [0.1, 0.15) is 5.82 Å². The van der Waals surface area contributed by atoms with Crippen molar-refractivity contribution in [3.05, 3.63) is 87.4 Å². The first kappa shape index (κ1) is 22.6. The van der Waals surface area contributed by atoms with Crippen LogP contribution in [-0.4, -0.2) is 36.0 Å². The summed E-state index contributed by atoms with van der Waals surface area (Å²) in [5.74, 6) is -0.234. The van der Waals surface area contributed by atoms with Crippen molar-refractivity contribution < 1.29 is 9.50 Å². The Morgan fingerprint density at radius 3 is 2.76 bits per heavy atom. The van der Waals surface area contributed by atoms with Crippen LogP contribution in [0.1, 0.15) is 24.2 Å². The maximum atomic E-state index is 13.9. The van der Waals surface area contributed by atoms with Crippen molar-refractivity contribution in [3.8, 4) is 11.3 Å². The number of rotatable bonds is 7. The van der Waals surface area contributed by atoms with E-state index in [-0.39, 0.29) is 17.2 Å². The maximum Gasteiger partial charge on any atom is 0.251 e. The predicted molar refractivity (Wildman–Crippen MR) is 124 cm³/mol. The van der Waals surface area contributed by atoms with Crippen molar-refractivity contribution in [3.63, 3.8) is 0 Å². The molecule has 3 aromatic heterocycles. The van der Waals surface area contributed by atoms with Gasteiger partial charge in [-0.1, -0.05) is 24.6 Å². The number of anilines is 2. The second kappa shape index (κ2) is 9.51. The van der Waals surface area contributed by atoms with Crippen molar-refractivity contribution in [1.82, 2.24) is 24.3 Å². The molecule has 170 valence electrons. The highest BCUT2D eigenvalue weighted by molar-refractivity contribution is 6.30. The van der Waals surface area contributed by atoms with E-state index >= 15 is 0 Å². The highest BCUT2D eigenvalue weighted by atomic mass is 35.5. The molecule has 1 aromatic carbocycles. The lowest BCUT2D eigenvalue weighted by Gasteiger charge is -2.18. The molecule has 1 unspecified atom stereocenters. The number of hydrogen-bond donors (Lipinski definition) is 2. The number of aromatic nitrogens is 5. The summed E-state index contributed by atoms with van der Waals surface area (Å²) in [5.41, 5.74) is 3.04. The van der Waals surface area contributed by atoms with Crippen LogP contribution < -0.4 is 10.9 Å². The van der Waals surface area contributed by atoms with Crippen LogP contribution in [0.4, 0.5) is 16.0 Å². The van der Waals surface area contributed by atoms with Gasteiger partial charge < -0.3 is 15.0 Å². The molecule has 0 aliphatic heterocycles. The molecule has 2 N–H and O–H groups in total. The summed E-state index contributed by atoms with van der Waals surface area (Å²) in [6.45, 7) is 1.65. The van der Waals surface area contributed by atoms with Crippen molar-refractivity contribution in [2.75, 3.05) is 11.9 Å². The second-order valence-corrected chi connectivity index (χ2v) is 7.81. The Morgan fingerprint density at radius 1 is 1.24 bits per heavy atom. The third-order valence-corrected chi connectivity index (χ3v) is 5.69. The van der Waals surface area contributed by atoms with Crippen molar-refractivity contribution >= 4 is 23.2 Å². The molecule has 0 saturated heterocycles. The van der Waals surface area contributed by atoms with E-state index in [1.165, 1.54) is 22.8 Å². The molecule has 0 aliphatic carbocycles. The normalized spacial score (nSPS) is 12.0. The summed E-state index contributed by atoms with van der Waals surface area (Å²) in [4.78, 5) is 21.6. The first-order valence-electron chi connectivity index (χ1n) is 10.3. The first-order chi connectivity index (χ1) is 15.9. The number of nitrogens with one attached hydrogen (secondary N) is 1. The fourth-order valence-electron chi connectivity index (χ4n) is 3.67. The minimum absolute atomic E-state index is 0.0244. The lowest BCUT2D eigenvalue weighted by atomic mass is 10.1. The van der Waals surface area contributed by atoms with E-state index in [1.54, 1.807) is 41.5 Å². The molecule has 8 nitrogen and oxygen atoms in total. The van der Waals surface area contributed by atoms with Gasteiger partial charge >= 0.3 is 0 Å². The Balaban J connectivity index is 1.63. The minimum atomic E-state index is -0.751. The van der Waals surface area contributed by atoms with E-state index in [2.05, 4.69) is 20.4 Å². The molecule has 0 saturated carbocycles. The number of aliphatic hydroxyl groups excluding tert-OH is 1. The number of aryl methyl sites for hydroxylation is 1. The number of nitrogens with zero attached hydrogens (tertiary/aromatic N) is 5. The zero-order chi connectivity index (χ0) is 23.5. The molecular weight excluding hydrogens is 447 g/mol. The molecule has 10 heteroatoms. The lowest BCUT2D eigenvalue weighted by molar-refractivity contribution is 0.247. The third-order valence-electron chi connectivity index (χ3n) is 5.38. The van der Waals surface area contributed by atoms with Gasteiger partial charge in [-0.05, 0) is 36.2 Å². The van der Waals surface area contributed by atoms with E-state index in [4.69, 9.17) is 11.6 Å². The van der Waals surface area contributed by atoms with Crippen molar-refractivity contribution in [1.29, 1.82) is 0 Å². The van der Waals surface area contributed by atoms with Crippen LogP contribution in [-0.2, 0) is 13.5 Å². The van der Waals surface area contributed by atoms with E-state index in [1.807, 2.05) is 14.0 Å². The van der Waals surface area contributed by atoms with Crippen molar-refractivity contribution in [2.45, 2.75) is 19.4 Å². The number of aliphatic hydroxyl groups is 1. The highest BCUT2D eigenvalue weighted by Gasteiger charge is 2.17. The van der Waals surface area contributed by atoms with Crippen LogP contribution >= 0.6 is 11.6 Å². The van der Waals surface area contributed by atoms with Gasteiger partial charge in [0.2, 0.25) is 5.95 Å². The monoisotopic (exact) mass is 468 g/mol. The Hall–Kier alpha value is -3.56. The molecule has 0 spiro atoms. The predicted octanol–water partition coefficient (Wildman–Crippen LogP) is 3.72. The number of pyridine rings is 1. The van der Waals surface area contributed by atoms with Gasteiger partial charge in [0, 0.05) is 31.1 Å². The average Bonchev–Trinajstić information content (AvgIpc) is 3.16. The molecule has 3 heterocycles. The summed E-state index contributed by atoms with van der Waals surface area (Å²) in [6, 6.07) is 8.28. The maximum absolute atomic E-state index is 13.9. The van der Waals surface area contributed by atoms with Crippen LogP contribution in [0.3, 0.4) is 0 Å². The molecule has 4 rings (SSSR count). The second-order valence-electron chi connectivity index (χ2n) is 7.41. The number of benzene rings is 1. The quantitative estimate of drug-likeness (QED) is 0.429. The van der Waals surface area contributed by atoms with Gasteiger partial charge in [-0.2, -0.15) is 5.10 Å². The van der Waals surface area contributed by atoms with Gasteiger partial charge in [0.05, 0.1) is 40.9 Å². The van der Waals surface area contributed by atoms with Crippen molar-refractivity contribution in [2.24, 2.45) is 7.05 Å². The molecule has 4 aromatic rings. The van der Waals surface area contributed by atoms with E-state index in [0.29, 0.717) is 22.8 Å². The molecule has 33 heavy (non-hydrogen) atoms. The highest BCUT2D eigenvalue weighted by Crippen LogP contribution is 2.24. The van der Waals surface area contributed by atoms with Gasteiger partial charge in [0.25, 0.3) is 5.56 Å². The Bertz CT molecular complexity index is 1350. The first-order valence-corrected chi connectivity index (χ1v) is 10.7. The molecule has 0 amide bonds. The summed E-state index contributed by atoms with van der Waals surface area (Å²) in [5, 5.41) is 17.3. The largest absolute Gasteiger partial charge is 0.394 e. The van der Waals surface area contributed by atoms with Crippen LogP contribution in [0.15, 0.2) is 59.8 Å². The Labute approximate surface area is 194 Å². The SMILES string of the molecule is CCc1c(Nc2nccc(-c3ccn(C(CO)c4ccc(Cl)c(F)c4)c(=O)c3)n2)cnn1C. The van der Waals surface area contributed by atoms with Crippen LogP contribution in [0.25, 0.3) is 11.3 Å². The topological polar surface area (TPSA) is 97.9 Å². The van der Waals surface area contributed by atoms with E-state index < -0.39 is 11.9 Å². The Morgan fingerprint density at radius 2 is 2.06 bits per heavy atom. The van der Waals surface area contributed by atoms with Gasteiger partial charge in [-0.3, -0.25) is 9.48 Å². The zero-order valence-corrected chi connectivity index (χ0v) is 18.8. The molecule has 0 fully saturated rings. The van der Waals surface area contributed by atoms with Crippen LogP contribution in [0.5, 0.6) is 0 Å². The zero-order valence-electron chi connectivity index (χ0n) is 18.0. The fourth-order valence-corrected chi connectivity index (χ4v) is 3.78. The smallest absolute Gasteiger partial charge is 0.251 e. The average molecular weight is 469 g/mol. The lowest BCUT2D eigenvalue weighted by Crippen LogP contribution is -2.27. The molecule has 1 atom stereocenters. The Kier molecular flexibility index (Phi) is 6.52. The summed E-state index contributed by atoms with van der Waals surface area (Å²) in [6.07, 6.45) is 5.66. The van der Waals surface area contributed by atoms with Gasteiger partial charge in [-0.15, -0.1) is 0 Å². The molecule has 0 aliphatic rings. The summed E-state index contributed by atoms with van der Waals surface area (Å²) < 4.78 is 17.0. The standard InChI is InChI=1S/C23H22ClFN6O2/c1-3-20-19(12-27-30(20)2)29-23-26-8-6-18(28-23)14-7-9-31(22(33)11-14)21(13-32)15-4-5-16(24)17(25)10-15/h4-12,21,32H,3,13H2,1-2H3,(H,26,28,29). The van der Waals surface area contributed by atoms with Crippen LogP contribution in [0.2, 0.25) is 5.02 Å². The summed E-state index contributed by atoms with van der Waals surface area (Å²) in [7, 11) is 1.87. The molecule has 0 radical (unpaired) electrons.